The average molecular weight is 285 g/mol. The second-order valence-electron chi connectivity index (χ2n) is 8.01. The number of rotatable bonds is 4. The fourth-order valence-electron chi connectivity index (χ4n) is 2.61. The average Bonchev–Trinajstić information content (AvgIpc) is 2.31. The van der Waals surface area contributed by atoms with Crippen molar-refractivity contribution in [3.8, 4) is 0 Å². The largest absolute Gasteiger partial charge is 0.458 e. The minimum absolute atomic E-state index is 0.00919. The number of carbonyl (C=O) groups is 1. The topological polar surface area (TPSA) is 26.3 Å². The highest BCUT2D eigenvalue weighted by Gasteiger charge is 2.45. The smallest absolute Gasteiger partial charge is 0.312 e. The molecular weight excluding hydrogens is 252 g/mol. The lowest BCUT2D eigenvalue weighted by molar-refractivity contribution is -0.177. The summed E-state index contributed by atoms with van der Waals surface area (Å²) in [5.41, 5.74) is -0.557. The fraction of sp³-hybridized carbons (Fsp3) is 0.938. The molecule has 0 aromatic rings. The van der Waals surface area contributed by atoms with Gasteiger partial charge >= 0.3 is 5.97 Å². The van der Waals surface area contributed by atoms with E-state index in [-0.39, 0.29) is 17.0 Å². The van der Waals surface area contributed by atoms with Gasteiger partial charge in [-0.3, -0.25) is 4.79 Å². The van der Waals surface area contributed by atoms with Crippen molar-refractivity contribution in [1.82, 2.24) is 0 Å². The molecule has 1 saturated heterocycles. The van der Waals surface area contributed by atoms with Crippen molar-refractivity contribution in [3.63, 3.8) is 0 Å². The fourth-order valence-corrected chi connectivity index (χ4v) is 5.06. The standard InChI is InChI=1S/C16H32O2Si/c1-8-15(4,5)14(17)18-16(13(2)3)9-11-19(6,7)12-10-16/h13H,8-12H2,1-7H3. The van der Waals surface area contributed by atoms with E-state index in [4.69, 9.17) is 4.74 Å². The van der Waals surface area contributed by atoms with E-state index >= 15 is 0 Å². The summed E-state index contributed by atoms with van der Waals surface area (Å²) < 4.78 is 6.07. The number of carbonyl (C=O) groups excluding carboxylic acids is 1. The number of esters is 1. The van der Waals surface area contributed by atoms with Crippen molar-refractivity contribution >= 4 is 14.0 Å². The monoisotopic (exact) mass is 284 g/mol. The van der Waals surface area contributed by atoms with Crippen molar-refractivity contribution in [2.75, 3.05) is 0 Å². The highest BCUT2D eigenvalue weighted by molar-refractivity contribution is 6.77. The van der Waals surface area contributed by atoms with Crippen LogP contribution in [0.2, 0.25) is 25.2 Å². The lowest BCUT2D eigenvalue weighted by Crippen LogP contribution is -2.49. The van der Waals surface area contributed by atoms with Gasteiger partial charge in [0.25, 0.3) is 0 Å². The van der Waals surface area contributed by atoms with Crippen LogP contribution in [-0.2, 0) is 9.53 Å². The summed E-state index contributed by atoms with van der Waals surface area (Å²) in [6, 6.07) is 2.57. The van der Waals surface area contributed by atoms with Crippen molar-refractivity contribution in [2.45, 2.75) is 84.7 Å². The zero-order valence-corrected chi connectivity index (χ0v) is 14.9. The zero-order valence-electron chi connectivity index (χ0n) is 13.9. The van der Waals surface area contributed by atoms with Gasteiger partial charge in [0.1, 0.15) is 5.60 Å². The number of hydrogen-bond acceptors (Lipinski definition) is 2. The molecule has 3 heteroatoms. The Hall–Kier alpha value is -0.313. The predicted molar refractivity (Wildman–Crippen MR) is 84.1 cm³/mol. The first-order chi connectivity index (χ1) is 8.55. The molecule has 1 fully saturated rings. The van der Waals surface area contributed by atoms with E-state index in [9.17, 15) is 4.79 Å². The van der Waals surface area contributed by atoms with Crippen molar-refractivity contribution in [1.29, 1.82) is 0 Å². The minimum Gasteiger partial charge on any atom is -0.458 e. The Morgan fingerprint density at radius 2 is 1.74 bits per heavy atom. The predicted octanol–water partition coefficient (Wildman–Crippen LogP) is 4.86. The summed E-state index contributed by atoms with van der Waals surface area (Å²) in [4.78, 5) is 12.4. The van der Waals surface area contributed by atoms with Crippen molar-refractivity contribution in [3.05, 3.63) is 0 Å². The van der Waals surface area contributed by atoms with Crippen LogP contribution in [0.25, 0.3) is 0 Å². The molecule has 0 amide bonds. The molecule has 112 valence electrons. The van der Waals surface area contributed by atoms with Crippen LogP contribution in [0, 0.1) is 11.3 Å². The van der Waals surface area contributed by atoms with E-state index in [2.05, 4.69) is 33.9 Å². The van der Waals surface area contributed by atoms with Crippen molar-refractivity contribution in [2.24, 2.45) is 11.3 Å². The number of ether oxygens (including phenoxy) is 1. The Bertz CT molecular complexity index is 322. The molecule has 0 spiro atoms. The second kappa shape index (κ2) is 5.59. The Morgan fingerprint density at radius 3 is 2.11 bits per heavy atom. The lowest BCUT2D eigenvalue weighted by Gasteiger charge is -2.46. The summed E-state index contributed by atoms with van der Waals surface area (Å²) in [5.74, 6) is 0.402. The summed E-state index contributed by atoms with van der Waals surface area (Å²) in [5, 5.41) is 0. The van der Waals surface area contributed by atoms with Gasteiger partial charge in [0.2, 0.25) is 0 Å². The van der Waals surface area contributed by atoms with Gasteiger partial charge in [0.15, 0.2) is 0 Å². The van der Waals surface area contributed by atoms with E-state index in [0.29, 0.717) is 5.92 Å². The van der Waals surface area contributed by atoms with Gasteiger partial charge in [0, 0.05) is 8.07 Å². The molecule has 1 rings (SSSR count). The Balaban J connectivity index is 2.83. The Labute approximate surface area is 120 Å². The summed E-state index contributed by atoms with van der Waals surface area (Å²) >= 11 is 0. The molecular formula is C16H32O2Si. The second-order valence-corrected chi connectivity index (χ2v) is 13.3. The van der Waals surface area contributed by atoms with Gasteiger partial charge in [-0.25, -0.2) is 0 Å². The van der Waals surface area contributed by atoms with Gasteiger partial charge in [0.05, 0.1) is 5.41 Å². The van der Waals surface area contributed by atoms with Gasteiger partial charge in [-0.2, -0.15) is 0 Å². The molecule has 0 atom stereocenters. The molecule has 0 aromatic carbocycles. The molecule has 2 nitrogen and oxygen atoms in total. The van der Waals surface area contributed by atoms with Crippen LogP contribution in [0.1, 0.15) is 53.9 Å². The zero-order chi connectivity index (χ0) is 14.9. The summed E-state index contributed by atoms with van der Waals surface area (Å²) in [7, 11) is -1.02. The summed E-state index contributed by atoms with van der Waals surface area (Å²) in [6.45, 7) is 15.3. The SMILES string of the molecule is CCC(C)(C)C(=O)OC1(C(C)C)CC[Si](C)(C)CC1. The highest BCUT2D eigenvalue weighted by Crippen LogP contribution is 2.43. The van der Waals surface area contributed by atoms with E-state index in [1.165, 1.54) is 12.1 Å². The third-order valence-electron chi connectivity index (χ3n) is 5.23. The molecule has 1 aliphatic rings. The van der Waals surface area contributed by atoms with E-state index in [0.717, 1.165) is 19.3 Å². The molecule has 0 bridgehead atoms. The first-order valence-corrected chi connectivity index (χ1v) is 11.2. The van der Waals surface area contributed by atoms with Gasteiger partial charge in [-0.15, -0.1) is 0 Å². The first kappa shape index (κ1) is 16.7. The highest BCUT2D eigenvalue weighted by atomic mass is 28.3. The molecule has 0 radical (unpaired) electrons. The Kier molecular flexibility index (Phi) is 4.92. The third-order valence-corrected chi connectivity index (χ3v) is 8.44. The molecule has 0 aliphatic carbocycles. The summed E-state index contributed by atoms with van der Waals surface area (Å²) in [6.07, 6.45) is 2.96. The molecule has 0 aromatic heterocycles. The quantitative estimate of drug-likeness (QED) is 0.544. The van der Waals surface area contributed by atoms with Crippen LogP contribution in [-0.4, -0.2) is 19.6 Å². The lowest BCUT2D eigenvalue weighted by atomic mass is 9.83. The number of hydrogen-bond donors (Lipinski definition) is 0. The van der Waals surface area contributed by atoms with E-state index in [1.807, 2.05) is 13.8 Å². The maximum Gasteiger partial charge on any atom is 0.312 e. The van der Waals surface area contributed by atoms with Crippen LogP contribution in [0.15, 0.2) is 0 Å². The first-order valence-electron chi connectivity index (χ1n) is 7.78. The third kappa shape index (κ3) is 3.84. The molecule has 1 heterocycles. The van der Waals surface area contributed by atoms with Crippen LogP contribution in [0.4, 0.5) is 0 Å². The van der Waals surface area contributed by atoms with E-state index in [1.54, 1.807) is 0 Å². The molecule has 0 N–H and O–H groups in total. The van der Waals surface area contributed by atoms with Crippen LogP contribution in [0.3, 0.4) is 0 Å². The molecule has 0 saturated carbocycles. The van der Waals surface area contributed by atoms with E-state index < -0.39 is 8.07 Å². The van der Waals surface area contributed by atoms with Crippen LogP contribution in [0.5, 0.6) is 0 Å². The van der Waals surface area contributed by atoms with Gasteiger partial charge in [-0.05, 0) is 39.0 Å². The maximum atomic E-state index is 12.4. The minimum atomic E-state index is -1.02. The van der Waals surface area contributed by atoms with Crippen LogP contribution < -0.4 is 0 Å². The Morgan fingerprint density at radius 1 is 1.26 bits per heavy atom. The van der Waals surface area contributed by atoms with Gasteiger partial charge < -0.3 is 4.74 Å². The molecule has 0 unspecified atom stereocenters. The molecule has 19 heavy (non-hydrogen) atoms. The van der Waals surface area contributed by atoms with Crippen LogP contribution >= 0.6 is 0 Å². The van der Waals surface area contributed by atoms with Gasteiger partial charge in [-0.1, -0.05) is 46.0 Å². The normalized spacial score (nSPS) is 22.3. The maximum absolute atomic E-state index is 12.4. The van der Waals surface area contributed by atoms with Crippen molar-refractivity contribution < 1.29 is 9.53 Å². The molecule has 1 aliphatic heterocycles.